The zero-order chi connectivity index (χ0) is 11.9. The van der Waals surface area contributed by atoms with Crippen molar-refractivity contribution in [1.29, 1.82) is 0 Å². The van der Waals surface area contributed by atoms with Crippen molar-refractivity contribution in [2.24, 2.45) is 10.9 Å². The molecule has 0 rings (SSSR count). The Morgan fingerprint density at radius 1 is 1.60 bits per heavy atom. The van der Waals surface area contributed by atoms with Crippen LogP contribution in [-0.4, -0.2) is 34.6 Å². The number of hydrogen-bond donors (Lipinski definition) is 3. The van der Waals surface area contributed by atoms with Crippen molar-refractivity contribution in [2.45, 2.75) is 44.4 Å². The molecule has 0 aromatic heterocycles. The minimum absolute atomic E-state index is 0.221. The summed E-state index contributed by atoms with van der Waals surface area (Å²) in [5, 5.41) is 14.9. The summed E-state index contributed by atoms with van der Waals surface area (Å²) in [5.74, 6) is 0.288. The number of nitrogens with zero attached hydrogens (tertiary/aromatic N) is 1. The number of nitrogens with one attached hydrogen (secondary N) is 1. The van der Waals surface area contributed by atoms with Gasteiger partial charge in [-0.05, 0) is 26.5 Å². The first kappa shape index (κ1) is 14.6. The molecule has 90 valence electrons. The van der Waals surface area contributed by atoms with Crippen LogP contribution in [0.5, 0.6) is 0 Å². The highest BCUT2D eigenvalue weighted by atomic mass is 32.2. The lowest BCUT2D eigenvalue weighted by Crippen LogP contribution is -2.40. The highest BCUT2D eigenvalue weighted by molar-refractivity contribution is 7.99. The van der Waals surface area contributed by atoms with Crippen LogP contribution in [0.3, 0.4) is 0 Å². The van der Waals surface area contributed by atoms with Crippen molar-refractivity contribution in [1.82, 2.24) is 5.32 Å². The van der Waals surface area contributed by atoms with E-state index in [9.17, 15) is 0 Å². The minimum Gasteiger partial charge on any atom is -0.409 e. The molecule has 5 heteroatoms. The van der Waals surface area contributed by atoms with Crippen LogP contribution in [0.25, 0.3) is 0 Å². The summed E-state index contributed by atoms with van der Waals surface area (Å²) in [7, 11) is 0. The van der Waals surface area contributed by atoms with Crippen LogP contribution in [-0.2, 0) is 0 Å². The zero-order valence-electron chi connectivity index (χ0n) is 10.1. The Labute approximate surface area is 96.7 Å². The summed E-state index contributed by atoms with van der Waals surface area (Å²) >= 11 is 1.83. The van der Waals surface area contributed by atoms with Crippen LogP contribution in [0.2, 0.25) is 0 Å². The maximum Gasteiger partial charge on any atom is 0.140 e. The van der Waals surface area contributed by atoms with Gasteiger partial charge in [-0.2, -0.15) is 11.8 Å². The van der Waals surface area contributed by atoms with E-state index < -0.39 is 0 Å². The number of hydrogen-bond acceptors (Lipinski definition) is 4. The van der Waals surface area contributed by atoms with Crippen LogP contribution >= 0.6 is 11.8 Å². The van der Waals surface area contributed by atoms with Crippen molar-refractivity contribution < 1.29 is 5.21 Å². The van der Waals surface area contributed by atoms with Crippen molar-refractivity contribution in [3.05, 3.63) is 0 Å². The summed E-state index contributed by atoms with van der Waals surface area (Å²) in [5.41, 5.74) is 5.48. The second-order valence-corrected chi connectivity index (χ2v) is 5.76. The van der Waals surface area contributed by atoms with Gasteiger partial charge in [0.15, 0.2) is 0 Å². The van der Waals surface area contributed by atoms with Crippen molar-refractivity contribution in [3.63, 3.8) is 0 Å². The predicted molar refractivity (Wildman–Crippen MR) is 67.7 cm³/mol. The molecule has 0 saturated heterocycles. The van der Waals surface area contributed by atoms with E-state index in [0.717, 1.165) is 13.0 Å². The number of amidine groups is 1. The fraction of sp³-hybridized carbons (Fsp3) is 0.900. The van der Waals surface area contributed by atoms with Gasteiger partial charge in [0.1, 0.15) is 5.84 Å². The molecule has 0 bridgehead atoms. The summed E-state index contributed by atoms with van der Waals surface area (Å²) in [6.07, 6.45) is 3.67. The minimum atomic E-state index is 0.221. The average Bonchev–Trinajstić information content (AvgIpc) is 2.23. The first-order chi connectivity index (χ1) is 6.95. The molecule has 0 fully saturated rings. The Balaban J connectivity index is 4.01. The van der Waals surface area contributed by atoms with Gasteiger partial charge in [-0.1, -0.05) is 12.1 Å². The molecule has 0 aliphatic rings. The molecule has 15 heavy (non-hydrogen) atoms. The van der Waals surface area contributed by atoms with Crippen molar-refractivity contribution >= 4 is 17.6 Å². The van der Waals surface area contributed by atoms with E-state index in [1.807, 2.05) is 11.8 Å². The van der Waals surface area contributed by atoms with Crippen molar-refractivity contribution in [3.8, 4) is 0 Å². The smallest absolute Gasteiger partial charge is 0.140 e. The fourth-order valence-corrected chi connectivity index (χ4v) is 1.34. The first-order valence-electron chi connectivity index (χ1n) is 5.20. The van der Waals surface area contributed by atoms with Crippen LogP contribution in [0.4, 0.5) is 0 Å². The van der Waals surface area contributed by atoms with E-state index in [2.05, 4.69) is 37.5 Å². The Morgan fingerprint density at radius 3 is 2.60 bits per heavy atom. The number of rotatable bonds is 7. The van der Waals surface area contributed by atoms with Gasteiger partial charge in [-0.3, -0.25) is 0 Å². The molecule has 0 aromatic carbocycles. The lowest BCUT2D eigenvalue weighted by molar-refractivity contribution is 0.315. The standard InChI is InChI=1S/C10H23N3OS/c1-5-8(6-9(11)13-14)12-7-10(2,3)15-4/h8,12,14H,5-7H2,1-4H3,(H2,11,13). The molecule has 1 atom stereocenters. The second-order valence-electron chi connectivity index (χ2n) is 4.25. The molecule has 4 nitrogen and oxygen atoms in total. The third-order valence-electron chi connectivity index (χ3n) is 2.45. The fourth-order valence-electron chi connectivity index (χ4n) is 1.12. The van der Waals surface area contributed by atoms with Gasteiger partial charge in [0.25, 0.3) is 0 Å². The van der Waals surface area contributed by atoms with Crippen molar-refractivity contribution in [2.75, 3.05) is 12.8 Å². The molecule has 0 aromatic rings. The molecule has 0 saturated carbocycles. The van der Waals surface area contributed by atoms with E-state index in [1.165, 1.54) is 0 Å². The van der Waals surface area contributed by atoms with Gasteiger partial charge in [0.05, 0.1) is 0 Å². The summed E-state index contributed by atoms with van der Waals surface area (Å²) in [4.78, 5) is 0. The van der Waals surface area contributed by atoms with Gasteiger partial charge >= 0.3 is 0 Å². The Bertz CT molecular complexity index is 207. The molecule has 1 unspecified atom stereocenters. The highest BCUT2D eigenvalue weighted by Gasteiger charge is 2.18. The third-order valence-corrected chi connectivity index (χ3v) is 3.70. The maximum atomic E-state index is 8.48. The molecule has 0 amide bonds. The van der Waals surface area contributed by atoms with Crippen LogP contribution in [0.15, 0.2) is 5.16 Å². The monoisotopic (exact) mass is 233 g/mol. The lowest BCUT2D eigenvalue weighted by atomic mass is 10.1. The number of nitrogens with two attached hydrogens (primary N) is 1. The van der Waals surface area contributed by atoms with E-state index in [0.29, 0.717) is 6.42 Å². The highest BCUT2D eigenvalue weighted by Crippen LogP contribution is 2.20. The van der Waals surface area contributed by atoms with Gasteiger partial charge in [0.2, 0.25) is 0 Å². The summed E-state index contributed by atoms with van der Waals surface area (Å²) < 4.78 is 0.221. The van der Waals surface area contributed by atoms with Crippen LogP contribution in [0, 0.1) is 0 Å². The molecule has 0 aliphatic heterocycles. The Hall–Kier alpha value is -0.420. The Morgan fingerprint density at radius 2 is 2.20 bits per heavy atom. The van der Waals surface area contributed by atoms with Crippen LogP contribution < -0.4 is 11.1 Å². The first-order valence-corrected chi connectivity index (χ1v) is 6.42. The molecule has 0 radical (unpaired) electrons. The number of thioether (sulfide) groups is 1. The van der Waals surface area contributed by atoms with E-state index in [4.69, 9.17) is 10.9 Å². The largest absolute Gasteiger partial charge is 0.409 e. The third kappa shape index (κ3) is 6.62. The van der Waals surface area contributed by atoms with Gasteiger partial charge < -0.3 is 16.3 Å². The molecule has 4 N–H and O–H groups in total. The predicted octanol–water partition coefficient (Wildman–Crippen LogP) is 1.63. The maximum absolute atomic E-state index is 8.48. The molecule has 0 aliphatic carbocycles. The van der Waals surface area contributed by atoms with E-state index >= 15 is 0 Å². The second kappa shape index (κ2) is 6.95. The molecular weight excluding hydrogens is 210 g/mol. The Kier molecular flexibility index (Phi) is 6.76. The zero-order valence-corrected chi connectivity index (χ0v) is 10.9. The van der Waals surface area contributed by atoms with Gasteiger partial charge in [0, 0.05) is 23.8 Å². The topological polar surface area (TPSA) is 70.6 Å². The van der Waals surface area contributed by atoms with Crippen LogP contribution in [0.1, 0.15) is 33.6 Å². The summed E-state index contributed by atoms with van der Waals surface area (Å²) in [6.45, 7) is 7.40. The molecule has 0 spiro atoms. The normalized spacial score (nSPS) is 15.3. The van der Waals surface area contributed by atoms with Gasteiger partial charge in [-0.15, -0.1) is 0 Å². The van der Waals surface area contributed by atoms with Gasteiger partial charge in [-0.25, -0.2) is 0 Å². The SMILES string of the molecule is CCC(CC(N)=NO)NCC(C)(C)SC. The average molecular weight is 233 g/mol. The number of oxime groups is 1. The molecular formula is C10H23N3OS. The van der Waals surface area contributed by atoms with E-state index in [1.54, 1.807) is 0 Å². The quantitative estimate of drug-likeness (QED) is 0.270. The molecule has 0 heterocycles. The summed E-state index contributed by atoms with van der Waals surface area (Å²) in [6, 6.07) is 0.285. The lowest BCUT2D eigenvalue weighted by Gasteiger charge is -2.26. The van der Waals surface area contributed by atoms with E-state index in [-0.39, 0.29) is 16.6 Å².